The zero-order valence-electron chi connectivity index (χ0n) is 31.9. The van der Waals surface area contributed by atoms with Crippen molar-refractivity contribution in [2.24, 2.45) is 5.92 Å². The summed E-state index contributed by atoms with van der Waals surface area (Å²) in [4.78, 5) is 0. The molecular weight excluding hydrogens is 649 g/mol. The third-order valence-corrected chi connectivity index (χ3v) is 10.9. The van der Waals surface area contributed by atoms with Gasteiger partial charge in [0.25, 0.3) is 0 Å². The molecule has 2 atom stereocenters. The van der Waals surface area contributed by atoms with Gasteiger partial charge in [-0.1, -0.05) is 214 Å². The molecule has 0 fully saturated rings. The summed E-state index contributed by atoms with van der Waals surface area (Å²) in [6.45, 7) is 11.2. The quantitative estimate of drug-likeness (QED) is 0.155. The number of allylic oxidation sites excluding steroid dienone is 3. The molecule has 0 heteroatoms. The van der Waals surface area contributed by atoms with Gasteiger partial charge in [0.1, 0.15) is 0 Å². The molecule has 0 bridgehead atoms. The van der Waals surface area contributed by atoms with Gasteiger partial charge in [0.05, 0.1) is 0 Å². The van der Waals surface area contributed by atoms with Crippen molar-refractivity contribution in [3.8, 4) is 33.4 Å². The number of fused-ring (bicyclic) bond motifs is 4. The Kier molecular flexibility index (Phi) is 11.6. The predicted octanol–water partition coefficient (Wildman–Crippen LogP) is 14.6. The Labute approximate surface area is 323 Å². The van der Waals surface area contributed by atoms with Crippen LogP contribution in [0.4, 0.5) is 0 Å². The van der Waals surface area contributed by atoms with Crippen molar-refractivity contribution in [1.29, 1.82) is 0 Å². The highest BCUT2D eigenvalue weighted by molar-refractivity contribution is 5.79. The summed E-state index contributed by atoms with van der Waals surface area (Å²) in [5.41, 5.74) is 18.8. The first-order valence-electron chi connectivity index (χ1n) is 19.4. The van der Waals surface area contributed by atoms with E-state index < -0.39 is 0 Å². The largest absolute Gasteiger partial charge is 0.0988 e. The summed E-state index contributed by atoms with van der Waals surface area (Å²) in [5.74, 6) is 0.804. The van der Waals surface area contributed by atoms with Gasteiger partial charge in [0.15, 0.2) is 0 Å². The molecule has 0 amide bonds. The van der Waals surface area contributed by atoms with E-state index in [9.17, 15) is 0 Å². The van der Waals surface area contributed by atoms with Crippen molar-refractivity contribution in [2.45, 2.75) is 46.0 Å². The minimum atomic E-state index is 0.370. The van der Waals surface area contributed by atoms with Crippen LogP contribution >= 0.6 is 0 Å². The van der Waals surface area contributed by atoms with Gasteiger partial charge in [0, 0.05) is 0 Å². The maximum atomic E-state index is 4.35. The fourth-order valence-corrected chi connectivity index (χ4v) is 8.05. The van der Waals surface area contributed by atoms with Crippen LogP contribution in [0.25, 0.3) is 39.0 Å². The average molecular weight is 699 g/mol. The van der Waals surface area contributed by atoms with E-state index in [1.165, 1.54) is 77.9 Å². The van der Waals surface area contributed by atoms with Crippen molar-refractivity contribution < 1.29 is 0 Å². The standard InChI is InChI=1S/C41H38.C13H12/c1-4-31-27-35-16-8-11-19-38(35)39-20-12-9-17-36(39)28-37-18-10-13-21-40(37)41(31)30(3)26-29(2)32-22-24-34(25-23-32)33-14-6-5-7-15-33;1-11-7-9-13(10-8-11)12-5-3-2-4-6-12/h4-25,29-30H,1,26-28H2,2-3H3;2-10H,1H3/b41-31-;. The van der Waals surface area contributed by atoms with Crippen molar-refractivity contribution in [1.82, 2.24) is 0 Å². The first kappa shape index (κ1) is 36.4. The molecule has 7 aromatic carbocycles. The number of hydrogen-bond donors (Lipinski definition) is 0. The maximum absolute atomic E-state index is 4.35. The molecule has 266 valence electrons. The van der Waals surface area contributed by atoms with Crippen LogP contribution in [0.2, 0.25) is 0 Å². The summed E-state index contributed by atoms with van der Waals surface area (Å²) in [7, 11) is 0. The molecule has 0 saturated heterocycles. The molecule has 0 nitrogen and oxygen atoms in total. The van der Waals surface area contributed by atoms with Crippen molar-refractivity contribution in [2.75, 3.05) is 0 Å². The highest BCUT2D eigenvalue weighted by Gasteiger charge is 2.23. The molecule has 0 aliphatic heterocycles. The molecule has 1 aliphatic rings. The minimum absolute atomic E-state index is 0.370. The van der Waals surface area contributed by atoms with Gasteiger partial charge >= 0.3 is 0 Å². The predicted molar refractivity (Wildman–Crippen MR) is 233 cm³/mol. The van der Waals surface area contributed by atoms with Crippen LogP contribution in [0.15, 0.2) is 200 Å². The van der Waals surface area contributed by atoms with Crippen molar-refractivity contribution >= 4 is 5.57 Å². The van der Waals surface area contributed by atoms with E-state index in [1.54, 1.807) is 0 Å². The molecule has 0 heterocycles. The van der Waals surface area contributed by atoms with Gasteiger partial charge in [0.2, 0.25) is 0 Å². The van der Waals surface area contributed by atoms with E-state index in [-0.39, 0.29) is 0 Å². The maximum Gasteiger partial charge on any atom is -0.00136 e. The van der Waals surface area contributed by atoms with Crippen LogP contribution in [0.1, 0.15) is 59.6 Å². The molecular formula is C54H50. The van der Waals surface area contributed by atoms with Gasteiger partial charge in [-0.2, -0.15) is 0 Å². The molecule has 54 heavy (non-hydrogen) atoms. The summed E-state index contributed by atoms with van der Waals surface area (Å²) >= 11 is 0. The third kappa shape index (κ3) is 8.46. The van der Waals surface area contributed by atoms with E-state index in [1.807, 2.05) is 6.07 Å². The summed E-state index contributed by atoms with van der Waals surface area (Å²) in [6, 6.07) is 65.7. The first-order chi connectivity index (χ1) is 26.5. The molecule has 7 aromatic rings. The lowest BCUT2D eigenvalue weighted by molar-refractivity contribution is 0.577. The average Bonchev–Trinajstić information content (AvgIpc) is 3.23. The Morgan fingerprint density at radius 2 is 0.852 bits per heavy atom. The zero-order valence-corrected chi connectivity index (χ0v) is 31.9. The van der Waals surface area contributed by atoms with Crippen LogP contribution in [-0.4, -0.2) is 0 Å². The molecule has 8 rings (SSSR count). The second-order valence-electron chi connectivity index (χ2n) is 14.7. The van der Waals surface area contributed by atoms with Crippen LogP contribution < -0.4 is 0 Å². The third-order valence-electron chi connectivity index (χ3n) is 10.9. The highest BCUT2D eigenvalue weighted by Crippen LogP contribution is 2.41. The van der Waals surface area contributed by atoms with E-state index in [4.69, 9.17) is 0 Å². The Balaban J connectivity index is 0.000000291. The summed E-state index contributed by atoms with van der Waals surface area (Å²) in [6.07, 6.45) is 4.98. The van der Waals surface area contributed by atoms with Crippen LogP contribution in [0, 0.1) is 12.8 Å². The second kappa shape index (κ2) is 17.2. The fraction of sp³-hybridized carbons (Fsp3) is 0.148. The zero-order chi connectivity index (χ0) is 37.3. The molecule has 1 aliphatic carbocycles. The topological polar surface area (TPSA) is 0 Å². The number of benzene rings is 7. The molecule has 0 radical (unpaired) electrons. The second-order valence-corrected chi connectivity index (χ2v) is 14.7. The minimum Gasteiger partial charge on any atom is -0.0988 e. The lowest BCUT2D eigenvalue weighted by Gasteiger charge is -2.27. The Morgan fingerprint density at radius 3 is 1.37 bits per heavy atom. The van der Waals surface area contributed by atoms with Gasteiger partial charge < -0.3 is 0 Å². The van der Waals surface area contributed by atoms with E-state index in [0.29, 0.717) is 11.8 Å². The van der Waals surface area contributed by atoms with Gasteiger partial charge in [-0.25, -0.2) is 0 Å². The van der Waals surface area contributed by atoms with E-state index in [2.05, 4.69) is 209 Å². The fourth-order valence-electron chi connectivity index (χ4n) is 8.05. The molecule has 0 N–H and O–H groups in total. The highest BCUT2D eigenvalue weighted by atomic mass is 14.3. The van der Waals surface area contributed by atoms with E-state index >= 15 is 0 Å². The SMILES string of the molecule is C=C/C1=C(\C(C)CC(C)c2ccc(-c3ccccc3)cc2)c2ccccc2Cc2ccccc2-c2ccccc2C1.Cc1ccc(-c2ccccc2)cc1. The molecule has 2 unspecified atom stereocenters. The lowest BCUT2D eigenvalue weighted by atomic mass is 9.77. The summed E-state index contributed by atoms with van der Waals surface area (Å²) in [5, 5.41) is 0. The van der Waals surface area contributed by atoms with Gasteiger partial charge in [-0.15, -0.1) is 0 Å². The number of aryl methyl sites for hydroxylation is 1. The van der Waals surface area contributed by atoms with Gasteiger partial charge in [-0.05, 0) is 110 Å². The Morgan fingerprint density at radius 1 is 0.444 bits per heavy atom. The number of rotatable bonds is 7. The lowest BCUT2D eigenvalue weighted by Crippen LogP contribution is -2.11. The van der Waals surface area contributed by atoms with Crippen molar-refractivity contribution in [3.05, 3.63) is 234 Å². The smallest absolute Gasteiger partial charge is 0.00136 e. The number of hydrogen-bond acceptors (Lipinski definition) is 0. The first-order valence-corrected chi connectivity index (χ1v) is 19.4. The van der Waals surface area contributed by atoms with Crippen LogP contribution in [-0.2, 0) is 12.8 Å². The van der Waals surface area contributed by atoms with Gasteiger partial charge in [-0.3, -0.25) is 0 Å². The Bertz CT molecular complexity index is 2320. The summed E-state index contributed by atoms with van der Waals surface area (Å²) < 4.78 is 0. The normalized spacial score (nSPS) is 14.6. The van der Waals surface area contributed by atoms with Crippen LogP contribution in [0.5, 0.6) is 0 Å². The van der Waals surface area contributed by atoms with Crippen LogP contribution in [0.3, 0.4) is 0 Å². The monoisotopic (exact) mass is 698 g/mol. The Hall–Kier alpha value is -5.98. The van der Waals surface area contributed by atoms with Crippen molar-refractivity contribution in [3.63, 3.8) is 0 Å². The molecule has 0 spiro atoms. The molecule has 0 saturated carbocycles. The molecule has 0 aromatic heterocycles. The van der Waals surface area contributed by atoms with E-state index in [0.717, 1.165) is 19.3 Å².